The summed E-state index contributed by atoms with van der Waals surface area (Å²) in [7, 11) is 0. The molecule has 2 aromatic carbocycles. The normalized spacial score (nSPS) is 14.9. The Hall–Kier alpha value is -2.18. The van der Waals surface area contributed by atoms with E-state index in [-0.39, 0.29) is 11.7 Å². The van der Waals surface area contributed by atoms with Crippen molar-refractivity contribution in [3.05, 3.63) is 54.6 Å². The van der Waals surface area contributed by atoms with Gasteiger partial charge in [0.25, 0.3) is 0 Å². The second kappa shape index (κ2) is 10.2. The number of carbonyl (C=O) groups excluding carboxylic acids is 1. The Morgan fingerprint density at radius 1 is 1.00 bits per heavy atom. The molecule has 0 radical (unpaired) electrons. The first-order chi connectivity index (χ1) is 13.2. The van der Waals surface area contributed by atoms with Gasteiger partial charge in [0.1, 0.15) is 5.75 Å². The van der Waals surface area contributed by atoms with Crippen molar-refractivity contribution >= 4 is 23.4 Å². The van der Waals surface area contributed by atoms with Crippen molar-refractivity contribution in [3.8, 4) is 5.75 Å². The third-order valence-electron chi connectivity index (χ3n) is 4.61. The minimum Gasteiger partial charge on any atom is -0.508 e. The summed E-state index contributed by atoms with van der Waals surface area (Å²) < 4.78 is 0. The van der Waals surface area contributed by atoms with Gasteiger partial charge in [0.2, 0.25) is 5.91 Å². The molecule has 1 saturated heterocycles. The first kappa shape index (κ1) is 19.6. The van der Waals surface area contributed by atoms with Crippen LogP contribution in [-0.4, -0.2) is 60.9 Å². The summed E-state index contributed by atoms with van der Waals surface area (Å²) in [6.45, 7) is 4.73. The van der Waals surface area contributed by atoms with Crippen LogP contribution >= 0.6 is 11.8 Å². The molecule has 27 heavy (non-hydrogen) atoms. The molecule has 1 amide bonds. The minimum atomic E-state index is 0.109. The molecule has 144 valence electrons. The highest BCUT2D eigenvalue weighted by Gasteiger charge is 2.19. The van der Waals surface area contributed by atoms with E-state index in [2.05, 4.69) is 27.2 Å². The van der Waals surface area contributed by atoms with Crippen LogP contribution in [0.3, 0.4) is 0 Å². The quantitative estimate of drug-likeness (QED) is 0.541. The van der Waals surface area contributed by atoms with Crippen molar-refractivity contribution in [2.75, 3.05) is 49.9 Å². The lowest BCUT2D eigenvalue weighted by Crippen LogP contribution is -2.49. The van der Waals surface area contributed by atoms with Gasteiger partial charge in [-0.3, -0.25) is 9.69 Å². The number of phenols is 1. The highest BCUT2D eigenvalue weighted by atomic mass is 32.2. The van der Waals surface area contributed by atoms with E-state index < -0.39 is 0 Å². The van der Waals surface area contributed by atoms with Crippen LogP contribution in [0.5, 0.6) is 5.75 Å². The second-order valence-electron chi connectivity index (χ2n) is 6.64. The zero-order chi connectivity index (χ0) is 18.9. The molecule has 1 heterocycles. The molecule has 0 aromatic heterocycles. The largest absolute Gasteiger partial charge is 0.508 e. The van der Waals surface area contributed by atoms with Gasteiger partial charge in [0.05, 0.1) is 6.54 Å². The monoisotopic (exact) mass is 385 g/mol. The fourth-order valence-corrected chi connectivity index (χ4v) is 3.97. The van der Waals surface area contributed by atoms with Gasteiger partial charge in [-0.05, 0) is 48.6 Å². The lowest BCUT2D eigenvalue weighted by molar-refractivity contribution is -0.122. The number of amides is 1. The Morgan fingerprint density at radius 3 is 2.41 bits per heavy atom. The summed E-state index contributed by atoms with van der Waals surface area (Å²) in [5, 5.41) is 12.4. The van der Waals surface area contributed by atoms with E-state index in [4.69, 9.17) is 0 Å². The lowest BCUT2D eigenvalue weighted by atomic mass is 10.2. The number of nitrogens with zero attached hydrogens (tertiary/aromatic N) is 2. The summed E-state index contributed by atoms with van der Waals surface area (Å²) >= 11 is 1.82. The predicted molar refractivity (Wildman–Crippen MR) is 112 cm³/mol. The number of benzene rings is 2. The van der Waals surface area contributed by atoms with Crippen molar-refractivity contribution in [1.82, 2.24) is 10.2 Å². The van der Waals surface area contributed by atoms with E-state index in [1.165, 1.54) is 4.90 Å². The third-order valence-corrected chi connectivity index (χ3v) is 5.71. The zero-order valence-corrected chi connectivity index (χ0v) is 16.3. The van der Waals surface area contributed by atoms with E-state index in [0.29, 0.717) is 6.54 Å². The van der Waals surface area contributed by atoms with Gasteiger partial charge in [-0.1, -0.05) is 18.2 Å². The first-order valence-corrected chi connectivity index (χ1v) is 10.4. The number of piperazine rings is 1. The van der Waals surface area contributed by atoms with Gasteiger partial charge >= 0.3 is 0 Å². The molecule has 6 heteroatoms. The van der Waals surface area contributed by atoms with Crippen LogP contribution in [0.15, 0.2) is 59.5 Å². The Bertz CT molecular complexity index is 701. The molecule has 0 spiro atoms. The van der Waals surface area contributed by atoms with Crippen LogP contribution in [0.4, 0.5) is 5.69 Å². The van der Waals surface area contributed by atoms with Crippen LogP contribution in [-0.2, 0) is 4.79 Å². The average molecular weight is 386 g/mol. The summed E-state index contributed by atoms with van der Waals surface area (Å²) in [4.78, 5) is 17.9. The maximum Gasteiger partial charge on any atom is 0.234 e. The topological polar surface area (TPSA) is 55.8 Å². The van der Waals surface area contributed by atoms with Gasteiger partial charge in [-0.2, -0.15) is 0 Å². The number of anilines is 1. The fraction of sp³-hybridized carbons (Fsp3) is 0.381. The van der Waals surface area contributed by atoms with E-state index in [1.54, 1.807) is 12.1 Å². The highest BCUT2D eigenvalue weighted by molar-refractivity contribution is 7.99. The number of aromatic hydroxyl groups is 1. The fourth-order valence-electron chi connectivity index (χ4n) is 3.09. The lowest BCUT2D eigenvalue weighted by Gasteiger charge is -2.35. The molecule has 3 rings (SSSR count). The summed E-state index contributed by atoms with van der Waals surface area (Å²) in [6.07, 6.45) is 0.972. The SMILES string of the molecule is O=C(CN1CCN(c2ccc(O)cc2)CC1)NCCCSc1ccccc1. The highest BCUT2D eigenvalue weighted by Crippen LogP contribution is 2.20. The van der Waals surface area contributed by atoms with Crippen LogP contribution in [0.2, 0.25) is 0 Å². The van der Waals surface area contributed by atoms with Crippen molar-refractivity contribution in [2.24, 2.45) is 0 Å². The average Bonchev–Trinajstić information content (AvgIpc) is 2.70. The molecule has 1 aliphatic heterocycles. The molecule has 0 aliphatic carbocycles. The van der Waals surface area contributed by atoms with Gasteiger partial charge in [0, 0.05) is 43.3 Å². The zero-order valence-electron chi connectivity index (χ0n) is 15.5. The standard InChI is InChI=1S/C21H27N3O2S/c25-19-9-7-18(8-10-19)24-14-12-23(13-15-24)17-21(26)22-11-4-16-27-20-5-2-1-3-6-20/h1-3,5-10,25H,4,11-17H2,(H,22,26). The summed E-state index contributed by atoms with van der Waals surface area (Å²) in [5.74, 6) is 1.41. The molecule has 0 unspecified atom stereocenters. The van der Waals surface area contributed by atoms with Crippen LogP contribution < -0.4 is 10.2 Å². The number of phenolic OH excluding ortho intramolecular Hbond substituents is 1. The Morgan fingerprint density at radius 2 is 1.70 bits per heavy atom. The molecule has 5 nitrogen and oxygen atoms in total. The van der Waals surface area contributed by atoms with E-state index in [0.717, 1.165) is 50.6 Å². The van der Waals surface area contributed by atoms with E-state index in [9.17, 15) is 9.90 Å². The van der Waals surface area contributed by atoms with Crippen LogP contribution in [0.1, 0.15) is 6.42 Å². The van der Waals surface area contributed by atoms with Crippen LogP contribution in [0, 0.1) is 0 Å². The summed E-state index contributed by atoms with van der Waals surface area (Å²) in [6, 6.07) is 17.6. The molecule has 0 atom stereocenters. The molecule has 1 aliphatic rings. The predicted octanol–water partition coefficient (Wildman–Crippen LogP) is 2.81. The van der Waals surface area contributed by atoms with Crippen molar-refractivity contribution in [3.63, 3.8) is 0 Å². The molecule has 1 fully saturated rings. The Labute approximate surface area is 165 Å². The number of rotatable bonds is 8. The molecule has 0 bridgehead atoms. The second-order valence-corrected chi connectivity index (χ2v) is 7.81. The van der Waals surface area contributed by atoms with Gasteiger partial charge in [0.15, 0.2) is 0 Å². The molecule has 2 N–H and O–H groups in total. The number of carbonyl (C=O) groups is 1. The molecule has 2 aromatic rings. The van der Waals surface area contributed by atoms with Crippen molar-refractivity contribution in [1.29, 1.82) is 0 Å². The number of hydrogen-bond donors (Lipinski definition) is 2. The Kier molecular flexibility index (Phi) is 7.42. The van der Waals surface area contributed by atoms with E-state index >= 15 is 0 Å². The smallest absolute Gasteiger partial charge is 0.234 e. The Balaban J connectivity index is 1.28. The van der Waals surface area contributed by atoms with Gasteiger partial charge in [-0.15, -0.1) is 11.8 Å². The maximum absolute atomic E-state index is 12.1. The van der Waals surface area contributed by atoms with E-state index in [1.807, 2.05) is 42.1 Å². The summed E-state index contributed by atoms with van der Waals surface area (Å²) in [5.41, 5.74) is 1.12. The number of hydrogen-bond acceptors (Lipinski definition) is 5. The molecule has 0 saturated carbocycles. The van der Waals surface area contributed by atoms with Gasteiger partial charge in [-0.25, -0.2) is 0 Å². The third kappa shape index (κ3) is 6.48. The molecular formula is C21H27N3O2S. The molecular weight excluding hydrogens is 358 g/mol. The maximum atomic E-state index is 12.1. The first-order valence-electron chi connectivity index (χ1n) is 9.41. The number of thioether (sulfide) groups is 1. The van der Waals surface area contributed by atoms with Crippen molar-refractivity contribution in [2.45, 2.75) is 11.3 Å². The van der Waals surface area contributed by atoms with Crippen molar-refractivity contribution < 1.29 is 9.90 Å². The minimum absolute atomic E-state index is 0.109. The van der Waals surface area contributed by atoms with Gasteiger partial charge < -0.3 is 15.3 Å². The number of nitrogens with one attached hydrogen (secondary N) is 1. The van der Waals surface area contributed by atoms with Crippen LogP contribution in [0.25, 0.3) is 0 Å².